The minimum Gasteiger partial charge on any atom is -0.374 e. The maximum Gasteiger partial charge on any atom is 0.132 e. The molecule has 50 valence electrons. The number of H-pyrrole nitrogens is 1. The highest BCUT2D eigenvalue weighted by atomic mass is 16.5. The number of hydrogen-bond acceptors (Lipinski definition) is 2. The van der Waals surface area contributed by atoms with E-state index in [1.165, 1.54) is 0 Å². The van der Waals surface area contributed by atoms with Gasteiger partial charge >= 0.3 is 0 Å². The summed E-state index contributed by atoms with van der Waals surface area (Å²) in [5.74, 6) is 0.886. The molecule has 1 N–H and O–H groups in total. The predicted molar refractivity (Wildman–Crippen MR) is 33.9 cm³/mol. The average molecular weight is 126 g/mol. The zero-order chi connectivity index (χ0) is 6.53. The Morgan fingerprint density at radius 2 is 2.67 bits per heavy atom. The Hall–Kier alpha value is -0.830. The Morgan fingerprint density at radius 3 is 3.22 bits per heavy atom. The molecule has 0 aliphatic rings. The van der Waals surface area contributed by atoms with Gasteiger partial charge in [0.25, 0.3) is 0 Å². The van der Waals surface area contributed by atoms with Crippen LogP contribution in [0.4, 0.5) is 0 Å². The number of hydrogen-bond donors (Lipinski definition) is 1. The molecule has 0 unspecified atom stereocenters. The van der Waals surface area contributed by atoms with Gasteiger partial charge in [-0.2, -0.15) is 0 Å². The topological polar surface area (TPSA) is 37.9 Å². The number of ether oxygens (including phenoxy) is 1. The van der Waals surface area contributed by atoms with Gasteiger partial charge in [0, 0.05) is 19.0 Å². The average Bonchev–Trinajstić information content (AvgIpc) is 2.34. The first-order chi connectivity index (χ1) is 4.43. The van der Waals surface area contributed by atoms with Crippen LogP contribution in [0.25, 0.3) is 0 Å². The van der Waals surface area contributed by atoms with E-state index >= 15 is 0 Å². The van der Waals surface area contributed by atoms with E-state index < -0.39 is 0 Å². The first-order valence-electron chi connectivity index (χ1n) is 2.99. The molecule has 0 amide bonds. The van der Waals surface area contributed by atoms with Crippen LogP contribution in [0.1, 0.15) is 12.7 Å². The molecule has 1 heterocycles. The summed E-state index contributed by atoms with van der Waals surface area (Å²) in [6.45, 7) is 3.28. The SMILES string of the molecule is CCOCc1ncc[nH]1. The summed E-state index contributed by atoms with van der Waals surface area (Å²) in [5, 5.41) is 0. The van der Waals surface area contributed by atoms with Crippen molar-refractivity contribution in [2.24, 2.45) is 0 Å². The smallest absolute Gasteiger partial charge is 0.132 e. The second kappa shape index (κ2) is 3.25. The van der Waals surface area contributed by atoms with Crippen LogP contribution in [-0.4, -0.2) is 16.6 Å². The van der Waals surface area contributed by atoms with Crippen LogP contribution in [-0.2, 0) is 11.3 Å². The lowest BCUT2D eigenvalue weighted by Gasteiger charge is -1.94. The van der Waals surface area contributed by atoms with Crippen LogP contribution in [0.2, 0.25) is 0 Å². The van der Waals surface area contributed by atoms with Crippen LogP contribution in [0.15, 0.2) is 12.4 Å². The zero-order valence-electron chi connectivity index (χ0n) is 5.42. The molecule has 0 fully saturated rings. The summed E-state index contributed by atoms with van der Waals surface area (Å²) in [6, 6.07) is 0. The van der Waals surface area contributed by atoms with E-state index in [2.05, 4.69) is 9.97 Å². The molecular weight excluding hydrogens is 116 g/mol. The predicted octanol–water partition coefficient (Wildman–Crippen LogP) is 0.946. The molecule has 1 aromatic rings. The van der Waals surface area contributed by atoms with Gasteiger partial charge in [-0.1, -0.05) is 0 Å². The highest BCUT2D eigenvalue weighted by Gasteiger charge is 1.89. The van der Waals surface area contributed by atoms with Crippen LogP contribution >= 0.6 is 0 Å². The van der Waals surface area contributed by atoms with Crippen LogP contribution < -0.4 is 0 Å². The summed E-state index contributed by atoms with van der Waals surface area (Å²) in [4.78, 5) is 6.91. The molecule has 9 heavy (non-hydrogen) atoms. The van der Waals surface area contributed by atoms with Crippen molar-refractivity contribution in [1.29, 1.82) is 0 Å². The Labute approximate surface area is 54.1 Å². The molecule has 0 spiro atoms. The van der Waals surface area contributed by atoms with Gasteiger partial charge < -0.3 is 9.72 Å². The Kier molecular flexibility index (Phi) is 2.27. The van der Waals surface area contributed by atoms with Crippen LogP contribution in [0, 0.1) is 0 Å². The number of aromatic amines is 1. The maximum atomic E-state index is 5.08. The Balaban J connectivity index is 2.30. The third-order valence-electron chi connectivity index (χ3n) is 0.998. The molecule has 3 heteroatoms. The van der Waals surface area contributed by atoms with E-state index in [-0.39, 0.29) is 0 Å². The van der Waals surface area contributed by atoms with Crippen molar-refractivity contribution in [3.63, 3.8) is 0 Å². The fourth-order valence-corrected chi connectivity index (χ4v) is 0.576. The van der Waals surface area contributed by atoms with Gasteiger partial charge in [-0.25, -0.2) is 4.98 Å². The largest absolute Gasteiger partial charge is 0.374 e. The van der Waals surface area contributed by atoms with Gasteiger partial charge in [0.15, 0.2) is 0 Å². The second-order valence-electron chi connectivity index (χ2n) is 1.67. The van der Waals surface area contributed by atoms with Crippen molar-refractivity contribution >= 4 is 0 Å². The first kappa shape index (κ1) is 6.29. The third-order valence-corrected chi connectivity index (χ3v) is 0.998. The van der Waals surface area contributed by atoms with Gasteiger partial charge in [-0.05, 0) is 6.92 Å². The quantitative estimate of drug-likeness (QED) is 0.654. The Bertz CT molecular complexity index is 148. The minimum absolute atomic E-state index is 0.587. The van der Waals surface area contributed by atoms with E-state index in [1.54, 1.807) is 12.4 Å². The molecule has 0 aromatic carbocycles. The summed E-state index contributed by atoms with van der Waals surface area (Å²) in [6.07, 6.45) is 3.50. The summed E-state index contributed by atoms with van der Waals surface area (Å²) >= 11 is 0. The Morgan fingerprint density at radius 1 is 1.78 bits per heavy atom. The molecular formula is C6H10N2O. The summed E-state index contributed by atoms with van der Waals surface area (Å²) in [5.41, 5.74) is 0. The summed E-state index contributed by atoms with van der Waals surface area (Å²) in [7, 11) is 0. The van der Waals surface area contributed by atoms with Gasteiger partial charge in [0.2, 0.25) is 0 Å². The number of nitrogens with one attached hydrogen (secondary N) is 1. The molecule has 1 aromatic heterocycles. The van der Waals surface area contributed by atoms with E-state index in [1.807, 2.05) is 6.92 Å². The van der Waals surface area contributed by atoms with Crippen LogP contribution in [0.3, 0.4) is 0 Å². The van der Waals surface area contributed by atoms with E-state index in [0.29, 0.717) is 6.61 Å². The maximum absolute atomic E-state index is 5.08. The zero-order valence-corrected chi connectivity index (χ0v) is 5.42. The highest BCUT2D eigenvalue weighted by Crippen LogP contribution is 1.89. The number of rotatable bonds is 3. The van der Waals surface area contributed by atoms with Gasteiger partial charge in [0.1, 0.15) is 12.4 Å². The summed E-state index contributed by atoms with van der Waals surface area (Å²) < 4.78 is 5.08. The lowest BCUT2D eigenvalue weighted by atomic mass is 10.7. The van der Waals surface area contributed by atoms with Crippen molar-refractivity contribution in [2.45, 2.75) is 13.5 Å². The van der Waals surface area contributed by atoms with Crippen molar-refractivity contribution in [3.8, 4) is 0 Å². The molecule has 0 bridgehead atoms. The first-order valence-corrected chi connectivity index (χ1v) is 2.99. The fraction of sp³-hybridized carbons (Fsp3) is 0.500. The van der Waals surface area contributed by atoms with Crippen LogP contribution in [0.5, 0.6) is 0 Å². The van der Waals surface area contributed by atoms with Gasteiger partial charge in [-0.3, -0.25) is 0 Å². The van der Waals surface area contributed by atoms with E-state index in [9.17, 15) is 0 Å². The van der Waals surface area contributed by atoms with E-state index in [0.717, 1.165) is 12.4 Å². The molecule has 1 rings (SSSR count). The second-order valence-corrected chi connectivity index (χ2v) is 1.67. The number of aromatic nitrogens is 2. The van der Waals surface area contributed by atoms with Crippen molar-refractivity contribution in [1.82, 2.24) is 9.97 Å². The fourth-order valence-electron chi connectivity index (χ4n) is 0.576. The lowest BCUT2D eigenvalue weighted by molar-refractivity contribution is 0.129. The van der Waals surface area contributed by atoms with E-state index in [4.69, 9.17) is 4.74 Å². The molecule has 0 saturated heterocycles. The monoisotopic (exact) mass is 126 g/mol. The van der Waals surface area contributed by atoms with Gasteiger partial charge in [0.05, 0.1) is 0 Å². The lowest BCUT2D eigenvalue weighted by Crippen LogP contribution is -1.92. The normalized spacial score (nSPS) is 9.89. The van der Waals surface area contributed by atoms with Crippen molar-refractivity contribution < 1.29 is 4.74 Å². The molecule has 0 atom stereocenters. The number of nitrogens with zero attached hydrogens (tertiary/aromatic N) is 1. The third kappa shape index (κ3) is 1.85. The van der Waals surface area contributed by atoms with Gasteiger partial charge in [-0.15, -0.1) is 0 Å². The molecule has 3 nitrogen and oxygen atoms in total. The minimum atomic E-state index is 0.587. The molecule has 0 aliphatic carbocycles. The molecule has 0 saturated carbocycles. The number of imidazole rings is 1. The van der Waals surface area contributed by atoms with Crippen molar-refractivity contribution in [3.05, 3.63) is 18.2 Å². The van der Waals surface area contributed by atoms with Crippen molar-refractivity contribution in [2.75, 3.05) is 6.61 Å². The highest BCUT2D eigenvalue weighted by molar-refractivity contribution is 4.83. The molecule has 0 radical (unpaired) electrons. The standard InChI is InChI=1S/C6H10N2O/c1-2-9-5-6-7-3-4-8-6/h3-4H,2,5H2,1H3,(H,7,8). The molecule has 0 aliphatic heterocycles.